The van der Waals surface area contributed by atoms with Crippen molar-refractivity contribution >= 4 is 11.7 Å². The van der Waals surface area contributed by atoms with Gasteiger partial charge in [0.2, 0.25) is 5.91 Å². The average molecular weight is 219 g/mol. The highest BCUT2D eigenvalue weighted by Gasteiger charge is 2.35. The van der Waals surface area contributed by atoms with Crippen LogP contribution in [-0.2, 0) is 15.1 Å². The van der Waals surface area contributed by atoms with Crippen molar-refractivity contribution in [2.24, 2.45) is 0 Å². The summed E-state index contributed by atoms with van der Waals surface area (Å²) in [6.45, 7) is 4.83. The maximum atomic E-state index is 11.8. The Kier molecular flexibility index (Phi) is 3.82. The zero-order valence-electron chi connectivity index (χ0n) is 9.91. The van der Waals surface area contributed by atoms with Gasteiger partial charge in [-0.15, -0.1) is 0 Å². The van der Waals surface area contributed by atoms with Gasteiger partial charge in [-0.2, -0.15) is 0 Å². The first-order valence-electron chi connectivity index (χ1n) is 5.38. The Bertz CT molecular complexity index is 386. The van der Waals surface area contributed by atoms with E-state index in [1.54, 1.807) is 0 Å². The molecule has 1 rings (SSSR count). The van der Waals surface area contributed by atoms with Gasteiger partial charge < -0.3 is 5.32 Å². The van der Waals surface area contributed by atoms with Gasteiger partial charge >= 0.3 is 0 Å². The molecule has 0 aliphatic carbocycles. The Labute approximate surface area is 95.9 Å². The van der Waals surface area contributed by atoms with E-state index < -0.39 is 5.54 Å². The lowest BCUT2D eigenvalue weighted by Crippen LogP contribution is -2.49. The molecule has 86 valence electrons. The standard InChI is InChI=1S/C13H17NO2/c1-4-13(10(2)15,14-11(3)16)12-8-6-5-7-9-12/h5-9H,4H2,1-3H3,(H,14,16)/t13-/m1/s1. The van der Waals surface area contributed by atoms with Crippen LogP contribution in [0.4, 0.5) is 0 Å². The molecule has 1 amide bonds. The first kappa shape index (κ1) is 12.4. The second kappa shape index (κ2) is 4.92. The molecule has 0 aliphatic rings. The summed E-state index contributed by atoms with van der Waals surface area (Å²) >= 11 is 0. The summed E-state index contributed by atoms with van der Waals surface area (Å²) in [7, 11) is 0. The van der Waals surface area contributed by atoms with Gasteiger partial charge in [0.25, 0.3) is 0 Å². The lowest BCUT2D eigenvalue weighted by Gasteiger charge is -2.31. The Balaban J connectivity index is 3.23. The van der Waals surface area contributed by atoms with Crippen LogP contribution in [0.2, 0.25) is 0 Å². The van der Waals surface area contributed by atoms with Gasteiger partial charge in [0.1, 0.15) is 5.54 Å². The molecular weight excluding hydrogens is 202 g/mol. The zero-order valence-corrected chi connectivity index (χ0v) is 9.91. The van der Waals surface area contributed by atoms with Gasteiger partial charge in [0.15, 0.2) is 5.78 Å². The second-order valence-electron chi connectivity index (χ2n) is 3.86. The lowest BCUT2D eigenvalue weighted by molar-refractivity contribution is -0.130. The predicted octanol–water partition coefficient (Wildman–Crippen LogP) is 2.02. The van der Waals surface area contributed by atoms with Crippen LogP contribution >= 0.6 is 0 Å². The van der Waals surface area contributed by atoms with Gasteiger partial charge in [-0.3, -0.25) is 9.59 Å². The zero-order chi connectivity index (χ0) is 12.2. The van der Waals surface area contributed by atoms with Gasteiger partial charge in [-0.1, -0.05) is 37.3 Å². The quantitative estimate of drug-likeness (QED) is 0.842. The summed E-state index contributed by atoms with van der Waals surface area (Å²) in [5, 5.41) is 2.77. The van der Waals surface area contributed by atoms with Gasteiger partial charge in [0.05, 0.1) is 0 Å². The predicted molar refractivity (Wildman–Crippen MR) is 62.9 cm³/mol. The maximum Gasteiger partial charge on any atom is 0.217 e. The minimum Gasteiger partial charge on any atom is -0.340 e. The Morgan fingerprint density at radius 1 is 1.19 bits per heavy atom. The minimum atomic E-state index is -0.882. The molecule has 0 fully saturated rings. The van der Waals surface area contributed by atoms with E-state index in [1.165, 1.54) is 13.8 Å². The molecule has 1 atom stereocenters. The number of carbonyl (C=O) groups excluding carboxylic acids is 2. The molecule has 0 aliphatic heterocycles. The third kappa shape index (κ3) is 2.30. The number of Topliss-reactive ketones (excluding diaryl/α,β-unsaturated/α-hetero) is 1. The fraction of sp³-hybridized carbons (Fsp3) is 0.385. The number of hydrogen-bond acceptors (Lipinski definition) is 2. The fourth-order valence-corrected chi connectivity index (χ4v) is 1.93. The van der Waals surface area contributed by atoms with Crippen LogP contribution in [0.1, 0.15) is 32.8 Å². The van der Waals surface area contributed by atoms with Crippen molar-refractivity contribution in [1.29, 1.82) is 0 Å². The van der Waals surface area contributed by atoms with Crippen molar-refractivity contribution < 1.29 is 9.59 Å². The molecule has 0 aromatic heterocycles. The Hall–Kier alpha value is -1.64. The summed E-state index contributed by atoms with van der Waals surface area (Å²) in [5.41, 5.74) is -0.0483. The van der Waals surface area contributed by atoms with E-state index in [0.717, 1.165) is 5.56 Å². The highest BCUT2D eigenvalue weighted by molar-refractivity contribution is 5.91. The number of rotatable bonds is 4. The molecule has 0 unspecified atom stereocenters. The van der Waals surface area contributed by atoms with E-state index in [2.05, 4.69) is 5.32 Å². The highest BCUT2D eigenvalue weighted by atomic mass is 16.2. The van der Waals surface area contributed by atoms with Crippen molar-refractivity contribution in [1.82, 2.24) is 5.32 Å². The summed E-state index contributed by atoms with van der Waals surface area (Å²) in [5.74, 6) is -0.239. The maximum absolute atomic E-state index is 11.8. The van der Waals surface area contributed by atoms with Crippen molar-refractivity contribution in [2.45, 2.75) is 32.7 Å². The number of amides is 1. The second-order valence-corrected chi connectivity index (χ2v) is 3.86. The van der Waals surface area contributed by atoms with Crippen LogP contribution in [0.5, 0.6) is 0 Å². The van der Waals surface area contributed by atoms with Crippen LogP contribution in [-0.4, -0.2) is 11.7 Å². The Morgan fingerprint density at radius 2 is 1.75 bits per heavy atom. The van der Waals surface area contributed by atoms with Crippen molar-refractivity contribution in [3.63, 3.8) is 0 Å². The Morgan fingerprint density at radius 3 is 2.12 bits per heavy atom. The summed E-state index contributed by atoms with van der Waals surface area (Å²) < 4.78 is 0. The fourth-order valence-electron chi connectivity index (χ4n) is 1.93. The van der Waals surface area contributed by atoms with Crippen molar-refractivity contribution in [2.75, 3.05) is 0 Å². The highest BCUT2D eigenvalue weighted by Crippen LogP contribution is 2.26. The molecule has 3 nitrogen and oxygen atoms in total. The first-order valence-corrected chi connectivity index (χ1v) is 5.38. The molecule has 1 aromatic rings. The van der Waals surface area contributed by atoms with Crippen molar-refractivity contribution in [3.05, 3.63) is 35.9 Å². The molecule has 0 saturated carbocycles. The smallest absolute Gasteiger partial charge is 0.217 e. The number of carbonyl (C=O) groups is 2. The normalized spacial score (nSPS) is 13.9. The average Bonchev–Trinajstić information content (AvgIpc) is 2.26. The first-order chi connectivity index (χ1) is 7.53. The molecule has 16 heavy (non-hydrogen) atoms. The van der Waals surface area contributed by atoms with E-state index in [4.69, 9.17) is 0 Å². The number of ketones is 1. The van der Waals surface area contributed by atoms with Gasteiger partial charge in [0, 0.05) is 6.92 Å². The van der Waals surface area contributed by atoms with Gasteiger partial charge in [-0.25, -0.2) is 0 Å². The van der Waals surface area contributed by atoms with E-state index in [0.29, 0.717) is 6.42 Å². The van der Waals surface area contributed by atoms with Crippen LogP contribution < -0.4 is 5.32 Å². The minimum absolute atomic E-state index is 0.0450. The van der Waals surface area contributed by atoms with Crippen LogP contribution in [0.15, 0.2) is 30.3 Å². The monoisotopic (exact) mass is 219 g/mol. The third-order valence-electron chi connectivity index (χ3n) is 2.79. The molecule has 0 radical (unpaired) electrons. The van der Waals surface area contributed by atoms with Gasteiger partial charge in [-0.05, 0) is 18.9 Å². The van der Waals surface area contributed by atoms with E-state index in [-0.39, 0.29) is 11.7 Å². The van der Waals surface area contributed by atoms with E-state index in [9.17, 15) is 9.59 Å². The number of nitrogens with one attached hydrogen (secondary N) is 1. The molecule has 0 spiro atoms. The topological polar surface area (TPSA) is 46.2 Å². The van der Waals surface area contributed by atoms with Crippen LogP contribution in [0.3, 0.4) is 0 Å². The molecule has 0 bridgehead atoms. The number of benzene rings is 1. The molecular formula is C13H17NO2. The summed E-state index contributed by atoms with van der Waals surface area (Å²) in [6, 6.07) is 9.34. The number of hydrogen-bond donors (Lipinski definition) is 1. The van der Waals surface area contributed by atoms with Crippen LogP contribution in [0.25, 0.3) is 0 Å². The van der Waals surface area contributed by atoms with Crippen LogP contribution in [0, 0.1) is 0 Å². The molecule has 1 N–H and O–H groups in total. The summed E-state index contributed by atoms with van der Waals surface area (Å²) in [6.07, 6.45) is 0.548. The molecule has 0 heterocycles. The SMILES string of the molecule is CC[C@@](NC(C)=O)(C(C)=O)c1ccccc1. The van der Waals surface area contributed by atoms with Crippen molar-refractivity contribution in [3.8, 4) is 0 Å². The lowest BCUT2D eigenvalue weighted by atomic mass is 9.83. The van der Waals surface area contributed by atoms with E-state index in [1.807, 2.05) is 37.3 Å². The third-order valence-corrected chi connectivity index (χ3v) is 2.79. The van der Waals surface area contributed by atoms with E-state index >= 15 is 0 Å². The molecule has 1 aromatic carbocycles. The molecule has 0 saturated heterocycles. The largest absolute Gasteiger partial charge is 0.340 e. The summed E-state index contributed by atoms with van der Waals surface area (Å²) in [4.78, 5) is 23.1. The molecule has 3 heteroatoms.